The van der Waals surface area contributed by atoms with Gasteiger partial charge in [0.05, 0.1) is 17.7 Å². The van der Waals surface area contributed by atoms with Gasteiger partial charge >= 0.3 is 0 Å². The Morgan fingerprint density at radius 1 is 0.460 bits per heavy atom. The molecule has 5 nitrogen and oxygen atoms in total. The molecule has 0 saturated heterocycles. The summed E-state index contributed by atoms with van der Waals surface area (Å²) in [5.74, 6) is 2.45. The summed E-state index contributed by atoms with van der Waals surface area (Å²) in [4.78, 5) is 9.88. The molecule has 8 aromatic rings. The third-order valence-electron chi connectivity index (χ3n) is 13.2. The van der Waals surface area contributed by atoms with Gasteiger partial charge in [-0.1, -0.05) is 160 Å². The summed E-state index contributed by atoms with van der Waals surface area (Å²) in [6.07, 6.45) is 4.30. The minimum absolute atomic E-state index is 0.0375. The van der Waals surface area contributed by atoms with E-state index in [9.17, 15) is 0 Å². The summed E-state index contributed by atoms with van der Waals surface area (Å²) >= 11 is 0. The molecule has 318 valence electrons. The predicted molar refractivity (Wildman–Crippen MR) is 265 cm³/mol. The second kappa shape index (κ2) is 15.6. The highest BCUT2D eigenvalue weighted by Crippen LogP contribution is 2.44. The Hall–Kier alpha value is -6.59. The Morgan fingerprint density at radius 3 is 1.78 bits per heavy atom. The number of para-hydroxylation sites is 1. The quantitative estimate of drug-likeness (QED) is 0.145. The topological polar surface area (TPSA) is 33.5 Å². The highest BCUT2D eigenvalue weighted by atomic mass is 16.5. The highest BCUT2D eigenvalue weighted by Gasteiger charge is 2.37. The molecule has 6 aromatic carbocycles. The van der Waals surface area contributed by atoms with Gasteiger partial charge in [0.25, 0.3) is 0 Å². The van der Waals surface area contributed by atoms with Crippen LogP contribution in [-0.4, -0.2) is 16.2 Å². The number of pyridine rings is 1. The maximum absolute atomic E-state index is 7.02. The number of anilines is 2. The lowest BCUT2D eigenvalue weighted by Crippen LogP contribution is -2.34. The molecule has 0 bridgehead atoms. The largest absolute Gasteiger partial charge is 0.457 e. The highest BCUT2D eigenvalue weighted by molar-refractivity contribution is 6.09. The first-order chi connectivity index (χ1) is 30.0. The number of aromatic nitrogens is 2. The fraction of sp³-hybridized carbons (Fsp3) is 0.259. The van der Waals surface area contributed by atoms with Crippen molar-refractivity contribution in [1.29, 1.82) is 0 Å². The minimum Gasteiger partial charge on any atom is -0.457 e. The Balaban J connectivity index is 1.14. The van der Waals surface area contributed by atoms with Crippen molar-refractivity contribution in [3.63, 3.8) is 0 Å². The molecule has 0 N–H and O–H groups in total. The van der Waals surface area contributed by atoms with Crippen LogP contribution in [0.3, 0.4) is 0 Å². The average molecular weight is 829 g/mol. The molecule has 0 fully saturated rings. The minimum atomic E-state index is -0.295. The molecule has 0 radical (unpaired) electrons. The molecule has 0 unspecified atom stereocenters. The molecular weight excluding hydrogens is 769 g/mol. The fourth-order valence-corrected chi connectivity index (χ4v) is 9.09. The number of allylic oxidation sites excluding steroid dienone is 1. The van der Waals surface area contributed by atoms with Crippen molar-refractivity contribution in [2.24, 2.45) is 0 Å². The van der Waals surface area contributed by atoms with Gasteiger partial charge in [-0.15, -0.1) is 0 Å². The van der Waals surface area contributed by atoms with Crippen LogP contribution >= 0.6 is 0 Å². The molecular formula is C58H60N4O. The molecule has 0 saturated carbocycles. The van der Waals surface area contributed by atoms with Gasteiger partial charge in [0.1, 0.15) is 17.3 Å². The van der Waals surface area contributed by atoms with Crippen molar-refractivity contribution >= 4 is 33.2 Å². The van der Waals surface area contributed by atoms with Crippen LogP contribution < -0.4 is 14.5 Å². The second-order valence-corrected chi connectivity index (χ2v) is 20.3. The Labute approximate surface area is 374 Å². The fourth-order valence-electron chi connectivity index (χ4n) is 9.09. The van der Waals surface area contributed by atoms with E-state index in [2.05, 4.69) is 248 Å². The smallest absolute Gasteiger partial charge is 0.137 e. The first-order valence-corrected chi connectivity index (χ1v) is 22.3. The molecule has 63 heavy (non-hydrogen) atoms. The van der Waals surface area contributed by atoms with Crippen molar-refractivity contribution in [2.75, 3.05) is 16.5 Å². The maximum Gasteiger partial charge on any atom is 0.137 e. The van der Waals surface area contributed by atoms with Crippen LogP contribution in [0.5, 0.6) is 11.5 Å². The molecule has 5 heteroatoms. The predicted octanol–water partition coefficient (Wildman–Crippen LogP) is 15.0. The average Bonchev–Trinajstić information content (AvgIpc) is 3.87. The van der Waals surface area contributed by atoms with Gasteiger partial charge in [0.2, 0.25) is 0 Å². The van der Waals surface area contributed by atoms with Crippen molar-refractivity contribution < 1.29 is 4.74 Å². The lowest BCUT2D eigenvalue weighted by molar-refractivity contribution is 0.479. The molecule has 0 amide bonds. The molecule has 9 rings (SSSR count). The van der Waals surface area contributed by atoms with Gasteiger partial charge < -0.3 is 14.5 Å². The van der Waals surface area contributed by atoms with Gasteiger partial charge in [-0.2, -0.15) is 0 Å². The number of ether oxygens (including phenoxy) is 1. The number of hydrogen-bond donors (Lipinski definition) is 0. The molecule has 3 heterocycles. The van der Waals surface area contributed by atoms with E-state index >= 15 is 0 Å². The first kappa shape index (κ1) is 41.7. The molecule has 1 aliphatic rings. The number of hydrogen-bond acceptors (Lipinski definition) is 4. The van der Waals surface area contributed by atoms with Gasteiger partial charge in [0.15, 0.2) is 0 Å². The van der Waals surface area contributed by atoms with Crippen LogP contribution in [0.2, 0.25) is 0 Å². The van der Waals surface area contributed by atoms with E-state index < -0.39 is 0 Å². The van der Waals surface area contributed by atoms with E-state index in [1.165, 1.54) is 44.6 Å². The zero-order valence-corrected chi connectivity index (χ0v) is 38.6. The third kappa shape index (κ3) is 7.90. The normalized spacial score (nSPS) is 13.8. The van der Waals surface area contributed by atoms with Crippen LogP contribution in [0.25, 0.3) is 27.6 Å². The van der Waals surface area contributed by atoms with Gasteiger partial charge in [-0.25, -0.2) is 4.98 Å². The number of rotatable bonds is 9. The van der Waals surface area contributed by atoms with E-state index in [0.29, 0.717) is 6.67 Å². The SMILES string of the molecule is CC(C)(C)c1cccc(N2C=C(C(C)(C)c3ccccc3)N(c3cc(Oc4ccc5c6ccccc6n(-c6cc(C(C)(C)c7ccccc7)ccn6)c5c4)cc(C(C)(C)C)c3)C2)c1. The molecule has 0 aliphatic carbocycles. The zero-order valence-electron chi connectivity index (χ0n) is 38.6. The summed E-state index contributed by atoms with van der Waals surface area (Å²) in [5.41, 5.74) is 11.3. The van der Waals surface area contributed by atoms with Crippen LogP contribution in [0.4, 0.5) is 11.4 Å². The van der Waals surface area contributed by atoms with Crippen molar-refractivity contribution in [1.82, 2.24) is 9.55 Å². The first-order valence-electron chi connectivity index (χ1n) is 22.3. The van der Waals surface area contributed by atoms with Gasteiger partial charge in [-0.3, -0.25) is 4.57 Å². The van der Waals surface area contributed by atoms with Crippen LogP contribution in [0, 0.1) is 0 Å². The van der Waals surface area contributed by atoms with Crippen molar-refractivity contribution in [2.45, 2.75) is 90.9 Å². The van der Waals surface area contributed by atoms with E-state index in [4.69, 9.17) is 9.72 Å². The number of benzene rings is 6. The van der Waals surface area contributed by atoms with Gasteiger partial charge in [-0.05, 0) is 93.2 Å². The zero-order chi connectivity index (χ0) is 44.3. The third-order valence-corrected chi connectivity index (χ3v) is 13.2. The molecule has 2 aromatic heterocycles. The Morgan fingerprint density at radius 2 is 1.08 bits per heavy atom. The van der Waals surface area contributed by atoms with E-state index in [-0.39, 0.29) is 21.7 Å². The lowest BCUT2D eigenvalue weighted by atomic mass is 9.78. The van der Waals surface area contributed by atoms with Crippen LogP contribution in [0.15, 0.2) is 176 Å². The van der Waals surface area contributed by atoms with E-state index in [1.807, 2.05) is 6.20 Å². The van der Waals surface area contributed by atoms with Crippen LogP contribution in [-0.2, 0) is 21.7 Å². The molecule has 0 spiro atoms. The van der Waals surface area contributed by atoms with Gasteiger partial charge in [0, 0.05) is 63.2 Å². The molecule has 1 aliphatic heterocycles. The number of fused-ring (bicyclic) bond motifs is 3. The lowest BCUT2D eigenvalue weighted by Gasteiger charge is -2.35. The Kier molecular flexibility index (Phi) is 10.4. The van der Waals surface area contributed by atoms with Crippen molar-refractivity contribution in [3.05, 3.63) is 204 Å². The maximum atomic E-state index is 7.02. The van der Waals surface area contributed by atoms with E-state index in [0.717, 1.165) is 39.4 Å². The van der Waals surface area contributed by atoms with Crippen molar-refractivity contribution in [3.8, 4) is 17.3 Å². The summed E-state index contributed by atoms with van der Waals surface area (Å²) in [5, 5.41) is 2.33. The van der Waals surface area contributed by atoms with Crippen LogP contribution in [0.1, 0.15) is 97.1 Å². The summed E-state index contributed by atoms with van der Waals surface area (Å²) in [7, 11) is 0. The summed E-state index contributed by atoms with van der Waals surface area (Å²) in [6, 6.07) is 56.8. The molecule has 0 atom stereocenters. The summed E-state index contributed by atoms with van der Waals surface area (Å²) in [6.45, 7) is 23.6. The Bertz CT molecular complexity index is 2980. The standard InChI is InChI=1S/C58H60N4O/c1-55(2,3)42-24-19-25-45(32-42)60-38-53(58(9,10)41-22-15-12-16-23-41)61(39-60)46-33-44(56(4,5)6)34-48(36-46)63-47-28-29-50-49-26-17-18-27-51(49)62(52(50)37-47)54-35-43(30-31-59-54)57(7,8)40-20-13-11-14-21-40/h11-38H,39H2,1-10H3. The summed E-state index contributed by atoms with van der Waals surface area (Å²) < 4.78 is 9.31. The monoisotopic (exact) mass is 828 g/mol. The second-order valence-electron chi connectivity index (χ2n) is 20.3. The van der Waals surface area contributed by atoms with E-state index in [1.54, 1.807) is 0 Å². The number of nitrogens with zero attached hydrogens (tertiary/aromatic N) is 4.